The molecule has 4 rings (SSSR count). The highest BCUT2D eigenvalue weighted by Crippen LogP contribution is 2.29. The molecule has 1 aromatic heterocycles. The minimum absolute atomic E-state index is 0.514. The molecule has 3 heteroatoms. The molecule has 25 heavy (non-hydrogen) atoms. The first-order chi connectivity index (χ1) is 12.2. The molecular formula is C22H19NO2. The van der Waals surface area contributed by atoms with E-state index in [4.69, 9.17) is 9.47 Å². The molecule has 0 bridgehead atoms. The monoisotopic (exact) mass is 329 g/mol. The van der Waals surface area contributed by atoms with Gasteiger partial charge in [-0.05, 0) is 47.5 Å². The lowest BCUT2D eigenvalue weighted by atomic mass is 10.1. The van der Waals surface area contributed by atoms with E-state index in [0.717, 1.165) is 33.7 Å². The maximum absolute atomic E-state index is 6.14. The Labute approximate surface area is 146 Å². The average molecular weight is 329 g/mol. The van der Waals surface area contributed by atoms with Crippen LogP contribution in [0.4, 0.5) is 0 Å². The molecular weight excluding hydrogens is 310 g/mol. The van der Waals surface area contributed by atoms with Crippen LogP contribution in [0.1, 0.15) is 11.3 Å². The Bertz CT molecular complexity index is 1060. The number of aryl methyl sites for hydroxylation is 1. The maximum atomic E-state index is 6.14. The van der Waals surface area contributed by atoms with E-state index in [1.807, 2.05) is 31.2 Å². The third-order valence-corrected chi connectivity index (χ3v) is 4.31. The molecule has 3 nitrogen and oxygen atoms in total. The van der Waals surface area contributed by atoms with Crippen LogP contribution in [-0.2, 0) is 6.61 Å². The molecule has 0 spiro atoms. The van der Waals surface area contributed by atoms with Gasteiger partial charge in [-0.1, -0.05) is 36.4 Å². The highest BCUT2D eigenvalue weighted by Gasteiger charge is 2.08. The van der Waals surface area contributed by atoms with Crippen molar-refractivity contribution in [1.82, 2.24) is 4.98 Å². The lowest BCUT2D eigenvalue weighted by molar-refractivity contribution is 0.309. The Kier molecular flexibility index (Phi) is 3.98. The fraction of sp³-hybridized carbons (Fsp3) is 0.136. The first kappa shape index (κ1) is 15.5. The van der Waals surface area contributed by atoms with Gasteiger partial charge in [0.1, 0.15) is 18.1 Å². The second-order valence-electron chi connectivity index (χ2n) is 6.12. The summed E-state index contributed by atoms with van der Waals surface area (Å²) in [5, 5.41) is 3.42. The van der Waals surface area contributed by atoms with Crippen LogP contribution >= 0.6 is 0 Å². The van der Waals surface area contributed by atoms with Crippen LogP contribution in [0.25, 0.3) is 21.7 Å². The molecule has 0 saturated carbocycles. The smallest absolute Gasteiger partial charge is 0.131 e. The zero-order chi connectivity index (χ0) is 17.2. The van der Waals surface area contributed by atoms with E-state index in [2.05, 4.69) is 47.4 Å². The van der Waals surface area contributed by atoms with Gasteiger partial charge in [0.2, 0.25) is 0 Å². The van der Waals surface area contributed by atoms with E-state index in [-0.39, 0.29) is 0 Å². The van der Waals surface area contributed by atoms with Crippen molar-refractivity contribution < 1.29 is 9.47 Å². The predicted molar refractivity (Wildman–Crippen MR) is 101 cm³/mol. The summed E-state index contributed by atoms with van der Waals surface area (Å²) in [5.74, 6) is 1.63. The van der Waals surface area contributed by atoms with Crippen molar-refractivity contribution in [2.45, 2.75) is 13.5 Å². The van der Waals surface area contributed by atoms with Crippen molar-refractivity contribution in [3.05, 3.63) is 78.0 Å². The Morgan fingerprint density at radius 2 is 1.72 bits per heavy atom. The quantitative estimate of drug-likeness (QED) is 0.510. The topological polar surface area (TPSA) is 31.4 Å². The van der Waals surface area contributed by atoms with Gasteiger partial charge in [-0.25, -0.2) is 0 Å². The molecule has 0 atom stereocenters. The van der Waals surface area contributed by atoms with E-state index >= 15 is 0 Å². The summed E-state index contributed by atoms with van der Waals surface area (Å²) in [6.07, 6.45) is 0. The fourth-order valence-electron chi connectivity index (χ4n) is 3.04. The maximum Gasteiger partial charge on any atom is 0.131 e. The summed E-state index contributed by atoms with van der Waals surface area (Å²) in [7, 11) is 1.67. The number of aromatic nitrogens is 1. The summed E-state index contributed by atoms with van der Waals surface area (Å²) in [4.78, 5) is 4.57. The number of benzene rings is 3. The molecule has 0 radical (unpaired) electrons. The van der Waals surface area contributed by atoms with Gasteiger partial charge in [0.05, 0.1) is 12.6 Å². The number of methoxy groups -OCH3 is 1. The predicted octanol–water partition coefficient (Wildman–Crippen LogP) is 5.28. The first-order valence-corrected chi connectivity index (χ1v) is 8.29. The lowest BCUT2D eigenvalue weighted by Gasteiger charge is -2.12. The van der Waals surface area contributed by atoms with Gasteiger partial charge in [0.15, 0.2) is 0 Å². The van der Waals surface area contributed by atoms with Crippen molar-refractivity contribution in [1.29, 1.82) is 0 Å². The van der Waals surface area contributed by atoms with Gasteiger partial charge in [0.25, 0.3) is 0 Å². The Balaban J connectivity index is 1.67. The van der Waals surface area contributed by atoms with Gasteiger partial charge in [-0.15, -0.1) is 0 Å². The summed E-state index contributed by atoms with van der Waals surface area (Å²) < 4.78 is 11.5. The average Bonchev–Trinajstić information content (AvgIpc) is 2.65. The SMILES string of the molecule is COc1ccc2nc(C)cc(OCc3ccc4ccccc4c3)c2c1. The second-order valence-corrected chi connectivity index (χ2v) is 6.12. The van der Waals surface area contributed by atoms with E-state index < -0.39 is 0 Å². The lowest BCUT2D eigenvalue weighted by Crippen LogP contribution is -1.98. The van der Waals surface area contributed by atoms with Crippen LogP contribution in [-0.4, -0.2) is 12.1 Å². The van der Waals surface area contributed by atoms with Gasteiger partial charge in [0, 0.05) is 17.1 Å². The molecule has 0 aliphatic rings. The normalized spacial score (nSPS) is 11.0. The van der Waals surface area contributed by atoms with Gasteiger partial charge < -0.3 is 9.47 Å². The number of hydrogen-bond acceptors (Lipinski definition) is 3. The minimum atomic E-state index is 0.514. The number of ether oxygens (including phenoxy) is 2. The van der Waals surface area contributed by atoms with Crippen LogP contribution in [0, 0.1) is 6.92 Å². The standard InChI is InChI=1S/C22H19NO2/c1-15-11-22(20-13-19(24-2)9-10-21(20)23-15)25-14-16-7-8-17-5-3-4-6-18(17)12-16/h3-13H,14H2,1-2H3. The molecule has 4 aromatic rings. The number of fused-ring (bicyclic) bond motifs is 2. The highest BCUT2D eigenvalue weighted by atomic mass is 16.5. The molecule has 0 N–H and O–H groups in total. The molecule has 124 valence electrons. The van der Waals surface area contributed by atoms with Gasteiger partial charge >= 0.3 is 0 Å². The van der Waals surface area contributed by atoms with Crippen LogP contribution in [0.3, 0.4) is 0 Å². The molecule has 3 aromatic carbocycles. The van der Waals surface area contributed by atoms with E-state index in [1.165, 1.54) is 10.8 Å². The zero-order valence-corrected chi connectivity index (χ0v) is 14.3. The first-order valence-electron chi connectivity index (χ1n) is 8.29. The minimum Gasteiger partial charge on any atom is -0.497 e. The van der Waals surface area contributed by atoms with Crippen molar-refractivity contribution in [3.63, 3.8) is 0 Å². The number of rotatable bonds is 4. The molecule has 0 amide bonds. The fourth-order valence-corrected chi connectivity index (χ4v) is 3.04. The molecule has 0 unspecified atom stereocenters. The number of pyridine rings is 1. The van der Waals surface area contributed by atoms with Crippen LogP contribution in [0.15, 0.2) is 66.7 Å². The third-order valence-electron chi connectivity index (χ3n) is 4.31. The zero-order valence-electron chi connectivity index (χ0n) is 14.3. The molecule has 1 heterocycles. The molecule has 0 aliphatic heterocycles. The summed E-state index contributed by atoms with van der Waals surface area (Å²) >= 11 is 0. The Hall–Kier alpha value is -3.07. The Morgan fingerprint density at radius 3 is 2.56 bits per heavy atom. The molecule has 0 aliphatic carbocycles. The van der Waals surface area contributed by atoms with E-state index in [0.29, 0.717) is 6.61 Å². The van der Waals surface area contributed by atoms with E-state index in [1.54, 1.807) is 7.11 Å². The molecule has 0 saturated heterocycles. The largest absolute Gasteiger partial charge is 0.497 e. The summed E-state index contributed by atoms with van der Waals surface area (Å²) in [6, 6.07) is 22.6. The van der Waals surface area contributed by atoms with Crippen molar-refractivity contribution in [2.24, 2.45) is 0 Å². The van der Waals surface area contributed by atoms with Crippen LogP contribution in [0.2, 0.25) is 0 Å². The van der Waals surface area contributed by atoms with Gasteiger partial charge in [-0.2, -0.15) is 0 Å². The summed E-state index contributed by atoms with van der Waals surface area (Å²) in [6.45, 7) is 2.49. The highest BCUT2D eigenvalue weighted by molar-refractivity contribution is 5.86. The van der Waals surface area contributed by atoms with Crippen LogP contribution < -0.4 is 9.47 Å². The third kappa shape index (κ3) is 3.13. The van der Waals surface area contributed by atoms with Crippen molar-refractivity contribution >= 4 is 21.7 Å². The summed E-state index contributed by atoms with van der Waals surface area (Å²) in [5.41, 5.74) is 2.99. The van der Waals surface area contributed by atoms with Crippen LogP contribution in [0.5, 0.6) is 11.5 Å². The number of nitrogens with zero attached hydrogens (tertiary/aromatic N) is 1. The van der Waals surface area contributed by atoms with Crippen molar-refractivity contribution in [2.75, 3.05) is 7.11 Å². The van der Waals surface area contributed by atoms with Crippen molar-refractivity contribution in [3.8, 4) is 11.5 Å². The van der Waals surface area contributed by atoms with E-state index in [9.17, 15) is 0 Å². The second kappa shape index (κ2) is 6.44. The Morgan fingerprint density at radius 1 is 0.880 bits per heavy atom. The number of hydrogen-bond donors (Lipinski definition) is 0. The molecule has 0 fully saturated rings. The van der Waals surface area contributed by atoms with Gasteiger partial charge in [-0.3, -0.25) is 4.98 Å².